The number of aromatic nitrogens is 2. The van der Waals surface area contributed by atoms with Crippen molar-refractivity contribution in [2.75, 3.05) is 38.3 Å². The third kappa shape index (κ3) is 3.36. The van der Waals surface area contributed by atoms with E-state index in [1.807, 2.05) is 6.07 Å². The van der Waals surface area contributed by atoms with Gasteiger partial charge in [-0.3, -0.25) is 4.79 Å². The minimum absolute atomic E-state index is 0.0334. The summed E-state index contributed by atoms with van der Waals surface area (Å²) in [6.45, 7) is 2.70. The minimum Gasteiger partial charge on any atom is -0.383 e. The molecule has 120 valence electrons. The summed E-state index contributed by atoms with van der Waals surface area (Å²) in [6.07, 6.45) is 5.03. The first-order valence-electron chi connectivity index (χ1n) is 7.72. The van der Waals surface area contributed by atoms with E-state index in [1.165, 1.54) is 0 Å². The minimum atomic E-state index is -0.344. The Morgan fingerprint density at radius 2 is 2.32 bits per heavy atom. The summed E-state index contributed by atoms with van der Waals surface area (Å²) < 4.78 is 10.9. The predicted molar refractivity (Wildman–Crippen MR) is 80.5 cm³/mol. The molecule has 1 N–H and O–H groups in total. The average molecular weight is 306 g/mol. The highest BCUT2D eigenvalue weighted by molar-refractivity contribution is 5.81. The number of nitrogens with one attached hydrogen (secondary N) is 1. The van der Waals surface area contributed by atoms with Gasteiger partial charge in [0.05, 0.1) is 12.7 Å². The Morgan fingerprint density at radius 3 is 3.09 bits per heavy atom. The number of ether oxygens (including phenoxy) is 2. The lowest BCUT2D eigenvalue weighted by Crippen LogP contribution is -2.43. The van der Waals surface area contributed by atoms with Crippen LogP contribution in [0.25, 0.3) is 0 Å². The Hall–Kier alpha value is -1.73. The van der Waals surface area contributed by atoms with E-state index < -0.39 is 0 Å². The van der Waals surface area contributed by atoms with Crippen LogP contribution in [0.5, 0.6) is 0 Å². The molecule has 0 bridgehead atoms. The molecule has 7 heteroatoms. The first-order chi connectivity index (χ1) is 10.8. The number of hydrogen-bond donors (Lipinski definition) is 1. The fourth-order valence-electron chi connectivity index (χ4n) is 3.13. The van der Waals surface area contributed by atoms with Gasteiger partial charge in [-0.05, 0) is 24.8 Å². The van der Waals surface area contributed by atoms with E-state index in [9.17, 15) is 4.79 Å². The lowest BCUT2D eigenvalue weighted by Gasteiger charge is -2.33. The number of nitrogens with zero attached hydrogens (tertiary/aromatic N) is 3. The Bertz CT molecular complexity index is 499. The number of fused-ring (bicyclic) bond motifs is 1. The van der Waals surface area contributed by atoms with Crippen LogP contribution in [0.1, 0.15) is 12.8 Å². The summed E-state index contributed by atoms with van der Waals surface area (Å²) in [6, 6.07) is 1.81. The zero-order chi connectivity index (χ0) is 15.4. The molecule has 0 aliphatic carbocycles. The molecule has 3 atom stereocenters. The van der Waals surface area contributed by atoms with E-state index in [1.54, 1.807) is 19.5 Å². The van der Waals surface area contributed by atoms with Gasteiger partial charge >= 0.3 is 0 Å². The highest BCUT2D eigenvalue weighted by atomic mass is 16.5. The van der Waals surface area contributed by atoms with Crippen LogP contribution in [0.15, 0.2) is 18.5 Å². The van der Waals surface area contributed by atoms with Crippen LogP contribution in [-0.4, -0.2) is 61.4 Å². The van der Waals surface area contributed by atoms with Gasteiger partial charge in [0, 0.05) is 39.1 Å². The summed E-state index contributed by atoms with van der Waals surface area (Å²) in [5, 5.41) is 2.85. The van der Waals surface area contributed by atoms with Crippen molar-refractivity contribution in [2.24, 2.45) is 5.92 Å². The van der Waals surface area contributed by atoms with Crippen molar-refractivity contribution in [1.29, 1.82) is 0 Å². The second-order valence-electron chi connectivity index (χ2n) is 5.73. The van der Waals surface area contributed by atoms with E-state index in [2.05, 4.69) is 20.2 Å². The molecule has 22 heavy (non-hydrogen) atoms. The summed E-state index contributed by atoms with van der Waals surface area (Å²) in [5.74, 6) is 1.14. The maximum atomic E-state index is 12.1. The van der Waals surface area contributed by atoms with Crippen LogP contribution in [0.3, 0.4) is 0 Å². The Balaban J connectivity index is 1.54. The number of piperidine rings is 1. The van der Waals surface area contributed by atoms with Crippen LogP contribution in [0.4, 0.5) is 5.95 Å². The number of rotatable bonds is 5. The standard InChI is InChI=1S/C15H22N4O3/c1-21-8-6-16-14(20)12-9-11-3-7-19(10-13(11)22-12)15-17-4-2-5-18-15/h2,4-5,11-13H,3,6-10H2,1H3,(H,16,20)/t11-,12+,13+/m0/s1. The fourth-order valence-corrected chi connectivity index (χ4v) is 3.13. The first kappa shape index (κ1) is 15.2. The lowest BCUT2D eigenvalue weighted by molar-refractivity contribution is -0.132. The highest BCUT2D eigenvalue weighted by Crippen LogP contribution is 2.34. The van der Waals surface area contributed by atoms with Gasteiger partial charge in [-0.1, -0.05) is 0 Å². The fraction of sp³-hybridized carbons (Fsp3) is 0.667. The zero-order valence-electron chi connectivity index (χ0n) is 12.8. The predicted octanol–water partition coefficient (Wildman–Crippen LogP) is 0.223. The molecule has 0 saturated carbocycles. The topological polar surface area (TPSA) is 76.6 Å². The third-order valence-corrected chi connectivity index (χ3v) is 4.28. The number of anilines is 1. The molecule has 0 aromatic carbocycles. The molecule has 2 fully saturated rings. The van der Waals surface area contributed by atoms with Gasteiger partial charge in [-0.2, -0.15) is 0 Å². The molecule has 1 aromatic heterocycles. The molecule has 1 amide bonds. The van der Waals surface area contributed by atoms with E-state index >= 15 is 0 Å². The molecule has 0 spiro atoms. The summed E-state index contributed by atoms with van der Waals surface area (Å²) in [5.41, 5.74) is 0. The van der Waals surface area contributed by atoms with Crippen molar-refractivity contribution in [3.63, 3.8) is 0 Å². The van der Waals surface area contributed by atoms with E-state index in [0.717, 1.165) is 31.9 Å². The molecule has 2 aliphatic rings. The highest BCUT2D eigenvalue weighted by Gasteiger charge is 2.42. The van der Waals surface area contributed by atoms with E-state index in [4.69, 9.17) is 9.47 Å². The van der Waals surface area contributed by atoms with Gasteiger partial charge in [0.15, 0.2) is 0 Å². The number of hydrogen-bond acceptors (Lipinski definition) is 6. The normalized spacial score (nSPS) is 27.5. The van der Waals surface area contributed by atoms with Gasteiger partial charge in [0.25, 0.3) is 0 Å². The van der Waals surface area contributed by atoms with Crippen LogP contribution >= 0.6 is 0 Å². The largest absolute Gasteiger partial charge is 0.383 e. The summed E-state index contributed by atoms with van der Waals surface area (Å²) in [7, 11) is 1.62. The van der Waals surface area contributed by atoms with Crippen molar-refractivity contribution < 1.29 is 14.3 Å². The number of carbonyl (C=O) groups is 1. The summed E-state index contributed by atoms with van der Waals surface area (Å²) >= 11 is 0. The zero-order valence-corrected chi connectivity index (χ0v) is 12.8. The smallest absolute Gasteiger partial charge is 0.249 e. The van der Waals surface area contributed by atoms with E-state index in [-0.39, 0.29) is 18.1 Å². The SMILES string of the molecule is COCCNC(=O)[C@H]1C[C@@H]2CCN(c3ncccn3)C[C@H]2O1. The second-order valence-corrected chi connectivity index (χ2v) is 5.73. The van der Waals surface area contributed by atoms with Crippen LogP contribution in [0, 0.1) is 5.92 Å². The van der Waals surface area contributed by atoms with Crippen LogP contribution in [0.2, 0.25) is 0 Å². The van der Waals surface area contributed by atoms with Gasteiger partial charge in [-0.15, -0.1) is 0 Å². The van der Waals surface area contributed by atoms with Gasteiger partial charge in [0.1, 0.15) is 6.10 Å². The van der Waals surface area contributed by atoms with Crippen molar-refractivity contribution >= 4 is 11.9 Å². The Morgan fingerprint density at radius 1 is 1.50 bits per heavy atom. The molecule has 3 heterocycles. The number of amides is 1. The molecule has 3 rings (SSSR count). The monoisotopic (exact) mass is 306 g/mol. The first-order valence-corrected chi connectivity index (χ1v) is 7.72. The molecule has 0 unspecified atom stereocenters. The maximum Gasteiger partial charge on any atom is 0.249 e. The molecule has 0 radical (unpaired) electrons. The molecule has 2 aliphatic heterocycles. The lowest BCUT2D eigenvalue weighted by atomic mass is 9.92. The van der Waals surface area contributed by atoms with Crippen molar-refractivity contribution in [1.82, 2.24) is 15.3 Å². The maximum absolute atomic E-state index is 12.1. The quantitative estimate of drug-likeness (QED) is 0.785. The third-order valence-electron chi connectivity index (χ3n) is 4.28. The van der Waals surface area contributed by atoms with Crippen molar-refractivity contribution in [3.8, 4) is 0 Å². The van der Waals surface area contributed by atoms with Crippen molar-refractivity contribution in [3.05, 3.63) is 18.5 Å². The number of carbonyl (C=O) groups excluding carboxylic acids is 1. The Labute approximate surface area is 130 Å². The molecular formula is C15H22N4O3. The Kier molecular flexibility index (Phi) is 4.84. The molecule has 7 nitrogen and oxygen atoms in total. The second kappa shape index (κ2) is 7.02. The molecule has 2 saturated heterocycles. The van der Waals surface area contributed by atoms with Gasteiger partial charge in [0.2, 0.25) is 11.9 Å². The van der Waals surface area contributed by atoms with Crippen molar-refractivity contribution in [2.45, 2.75) is 25.0 Å². The van der Waals surface area contributed by atoms with Crippen LogP contribution < -0.4 is 10.2 Å². The molecular weight excluding hydrogens is 284 g/mol. The van der Waals surface area contributed by atoms with Crippen LogP contribution in [-0.2, 0) is 14.3 Å². The average Bonchev–Trinajstić information content (AvgIpc) is 2.99. The van der Waals surface area contributed by atoms with Gasteiger partial charge in [-0.25, -0.2) is 9.97 Å². The molecule has 1 aromatic rings. The van der Waals surface area contributed by atoms with E-state index in [0.29, 0.717) is 19.1 Å². The summed E-state index contributed by atoms with van der Waals surface area (Å²) in [4.78, 5) is 22.8. The van der Waals surface area contributed by atoms with Gasteiger partial charge < -0.3 is 19.7 Å². The number of methoxy groups -OCH3 is 1.